The molecule has 3 aromatic carbocycles. The summed E-state index contributed by atoms with van der Waals surface area (Å²) in [4.78, 5) is 69.1. The molecule has 4 atom stereocenters. The van der Waals surface area contributed by atoms with Crippen molar-refractivity contribution >= 4 is 51.8 Å². The maximum absolute atomic E-state index is 14.1. The summed E-state index contributed by atoms with van der Waals surface area (Å²) in [6, 6.07) is 17.4. The Morgan fingerprint density at radius 3 is 2.24 bits per heavy atom. The van der Waals surface area contributed by atoms with Crippen LogP contribution in [0, 0.1) is 30.1 Å². The van der Waals surface area contributed by atoms with Crippen molar-refractivity contribution in [3.63, 3.8) is 0 Å². The number of rotatable bonds is 21. The molecule has 410 valence electrons. The van der Waals surface area contributed by atoms with Gasteiger partial charge in [-0.25, -0.2) is 9.97 Å². The van der Waals surface area contributed by atoms with Crippen molar-refractivity contribution in [1.82, 2.24) is 35.0 Å². The number of piperazine rings is 1. The van der Waals surface area contributed by atoms with Crippen LogP contribution in [0.5, 0.6) is 0 Å². The van der Waals surface area contributed by atoms with Gasteiger partial charge < -0.3 is 34.9 Å². The summed E-state index contributed by atoms with van der Waals surface area (Å²) in [6.07, 6.45) is -1.95. The predicted molar refractivity (Wildman–Crippen MR) is 283 cm³/mol. The molecule has 0 spiro atoms. The number of aliphatic hydroxyl groups excluding tert-OH is 2. The Balaban J connectivity index is 0.750. The number of aryl methyl sites for hydroxylation is 1. The second-order valence-electron chi connectivity index (χ2n) is 21.6. The van der Waals surface area contributed by atoms with Crippen LogP contribution in [0.25, 0.3) is 21.5 Å². The number of Topliss-reactive ketones (excluding diaryl/α,β-unsaturated/α-hetero) is 1. The highest BCUT2D eigenvalue weighted by Crippen LogP contribution is 2.39. The van der Waals surface area contributed by atoms with Gasteiger partial charge in [-0.2, -0.15) is 13.2 Å². The monoisotopic (exact) mass is 1070 g/mol. The summed E-state index contributed by atoms with van der Waals surface area (Å²) >= 11 is 1.57. The molecule has 8 rings (SSSR count). The molecule has 20 heteroatoms. The molecular weight excluding hydrogens is 1000 g/mol. The van der Waals surface area contributed by atoms with Crippen LogP contribution < -0.4 is 16.0 Å². The van der Waals surface area contributed by atoms with Gasteiger partial charge in [0.1, 0.15) is 6.61 Å². The fourth-order valence-corrected chi connectivity index (χ4v) is 11.5. The minimum absolute atomic E-state index is 0.00454. The molecule has 3 aliphatic rings. The number of halogens is 3. The number of nitrogens with one attached hydrogen (secondary N) is 3. The SMILES string of the molecule is Cc1ncsc1-c1ccc(CNC(=O)[C@@H]2C[C@@H](O)CC2C(=O)[C@@H](NC(=O)COCCOCCN2CCN(Cc3ccc4c(c3)nc(NC(=O)c3cccc(C(F)(F)F)c3)n4C3CCC(CO)CC3)CC2)C(C)(C)C)cc1. The van der Waals surface area contributed by atoms with E-state index >= 15 is 0 Å². The van der Waals surface area contributed by atoms with Crippen LogP contribution in [0.15, 0.2) is 72.2 Å². The van der Waals surface area contributed by atoms with Gasteiger partial charge in [0.2, 0.25) is 17.8 Å². The fourth-order valence-electron chi connectivity index (χ4n) is 10.7. The average Bonchev–Trinajstić information content (AvgIpc) is 4.14. The van der Waals surface area contributed by atoms with E-state index in [-0.39, 0.29) is 81.0 Å². The van der Waals surface area contributed by atoms with Crippen molar-refractivity contribution < 1.29 is 52.0 Å². The summed E-state index contributed by atoms with van der Waals surface area (Å²) in [5.41, 5.74) is 5.58. The highest BCUT2D eigenvalue weighted by molar-refractivity contribution is 7.13. The number of imidazole rings is 1. The number of alkyl halides is 3. The molecule has 5 aromatic rings. The van der Waals surface area contributed by atoms with Crippen LogP contribution in [0.1, 0.15) is 98.1 Å². The lowest BCUT2D eigenvalue weighted by molar-refractivity contribution is -0.138. The van der Waals surface area contributed by atoms with E-state index in [9.17, 15) is 42.6 Å². The van der Waals surface area contributed by atoms with E-state index in [2.05, 4.69) is 36.8 Å². The van der Waals surface area contributed by atoms with Gasteiger partial charge >= 0.3 is 6.18 Å². The average molecular weight is 1070 g/mol. The standard InChI is InChI=1S/C56H71F3N8O8S/c1-35-50(76-34-61-35)39-13-8-36(9-14-39)30-60-53(73)45-29-43(69)28-44(45)49(71)51(55(2,3)4)63-48(70)33-75-25-24-74-23-22-65-18-20-66(21-19-65)31-38-12-17-47-46(26-38)62-54(67(47)42-15-10-37(32-68)11-16-42)64-52(72)40-6-5-7-41(27-40)56(57,58)59/h5-9,12-14,17,26-27,34,37,42-45,51,68-69H,10-11,15-16,18-25,28-33H2,1-4H3,(H,60,73)(H,63,70)(H,62,64,72)/t37?,42?,43-,44?,45+,51+/m0/s1. The Labute approximate surface area is 445 Å². The number of aromatic nitrogens is 3. The lowest BCUT2D eigenvalue weighted by Gasteiger charge is -2.34. The number of nitrogens with zero attached hydrogens (tertiary/aromatic N) is 5. The van der Waals surface area contributed by atoms with E-state index in [0.717, 1.165) is 103 Å². The van der Waals surface area contributed by atoms with Gasteiger partial charge in [0.05, 0.1) is 70.6 Å². The Bertz CT molecular complexity index is 2780. The Morgan fingerprint density at radius 2 is 1.55 bits per heavy atom. The van der Waals surface area contributed by atoms with Crippen molar-refractivity contribution in [1.29, 1.82) is 0 Å². The molecule has 0 radical (unpaired) electrons. The lowest BCUT2D eigenvalue weighted by atomic mass is 9.77. The lowest BCUT2D eigenvalue weighted by Crippen LogP contribution is -2.53. The van der Waals surface area contributed by atoms with Crippen LogP contribution in [-0.4, -0.2) is 136 Å². The second-order valence-corrected chi connectivity index (χ2v) is 22.4. The Kier molecular flexibility index (Phi) is 18.8. The minimum Gasteiger partial charge on any atom is -0.396 e. The molecule has 76 heavy (non-hydrogen) atoms. The van der Waals surface area contributed by atoms with E-state index in [1.165, 1.54) is 12.1 Å². The van der Waals surface area contributed by atoms with Gasteiger partial charge in [0.15, 0.2) is 5.78 Å². The number of aliphatic hydroxyl groups is 2. The van der Waals surface area contributed by atoms with Gasteiger partial charge in [0, 0.05) is 69.9 Å². The molecular formula is C56H71F3N8O8S. The number of thiazole rings is 1. The molecule has 3 fully saturated rings. The first-order chi connectivity index (χ1) is 36.3. The van der Waals surface area contributed by atoms with Crippen LogP contribution in [0.2, 0.25) is 0 Å². The highest BCUT2D eigenvalue weighted by atomic mass is 32.1. The molecule has 1 aliphatic heterocycles. The molecule has 2 aromatic heterocycles. The number of ketones is 1. The molecule has 2 saturated carbocycles. The quantitative estimate of drug-likeness (QED) is 0.0457. The smallest absolute Gasteiger partial charge is 0.396 e. The Morgan fingerprint density at radius 1 is 0.855 bits per heavy atom. The van der Waals surface area contributed by atoms with Gasteiger partial charge in [-0.15, -0.1) is 11.3 Å². The fraction of sp³-hybridized carbons (Fsp3) is 0.536. The number of ether oxygens (including phenoxy) is 2. The third-order valence-corrected chi connectivity index (χ3v) is 16.0. The molecule has 3 heterocycles. The van der Waals surface area contributed by atoms with Crippen molar-refractivity contribution in [2.75, 3.05) is 71.1 Å². The van der Waals surface area contributed by atoms with E-state index in [4.69, 9.17) is 14.5 Å². The molecule has 16 nitrogen and oxygen atoms in total. The van der Waals surface area contributed by atoms with Crippen LogP contribution in [0.4, 0.5) is 19.1 Å². The first-order valence-electron chi connectivity index (χ1n) is 26.3. The first kappa shape index (κ1) is 56.6. The zero-order chi connectivity index (χ0) is 54.1. The number of benzene rings is 3. The topological polar surface area (TPSA) is 200 Å². The maximum atomic E-state index is 14.1. The number of hydrogen-bond acceptors (Lipinski definition) is 13. The van der Waals surface area contributed by atoms with Gasteiger partial charge in [0.25, 0.3) is 5.91 Å². The molecule has 1 unspecified atom stereocenters. The second kappa shape index (κ2) is 25.2. The van der Waals surface area contributed by atoms with Crippen LogP contribution in [0.3, 0.4) is 0 Å². The predicted octanol–water partition coefficient (Wildman–Crippen LogP) is 7.42. The Hall–Kier alpha value is -5.61. The van der Waals surface area contributed by atoms with E-state index in [0.29, 0.717) is 18.7 Å². The van der Waals surface area contributed by atoms with Crippen molar-refractivity contribution in [2.24, 2.45) is 23.2 Å². The number of hydrogen-bond donors (Lipinski definition) is 5. The van der Waals surface area contributed by atoms with E-state index in [1.807, 2.05) is 74.2 Å². The summed E-state index contributed by atoms with van der Waals surface area (Å²) in [6.45, 7) is 13.3. The normalized spacial score (nSPS) is 21.1. The van der Waals surface area contributed by atoms with Crippen molar-refractivity contribution in [3.05, 3.63) is 100 Å². The molecule has 1 saturated heterocycles. The largest absolute Gasteiger partial charge is 0.416 e. The first-order valence-corrected chi connectivity index (χ1v) is 27.2. The third kappa shape index (κ3) is 14.5. The van der Waals surface area contributed by atoms with Gasteiger partial charge in [-0.1, -0.05) is 57.2 Å². The summed E-state index contributed by atoms with van der Waals surface area (Å²) in [5.74, 6) is -2.74. The maximum Gasteiger partial charge on any atom is 0.416 e. The molecule has 5 N–H and O–H groups in total. The molecule has 3 amide bonds. The highest BCUT2D eigenvalue weighted by Gasteiger charge is 2.47. The zero-order valence-corrected chi connectivity index (χ0v) is 44.6. The number of carbonyl (C=O) groups excluding carboxylic acids is 4. The number of carbonyl (C=O) groups is 4. The summed E-state index contributed by atoms with van der Waals surface area (Å²) < 4.78 is 53.9. The third-order valence-electron chi connectivity index (χ3n) is 15.0. The van der Waals surface area contributed by atoms with Gasteiger partial charge in [-0.3, -0.25) is 34.3 Å². The van der Waals surface area contributed by atoms with E-state index in [1.54, 1.807) is 11.3 Å². The van der Waals surface area contributed by atoms with Gasteiger partial charge in [-0.05, 0) is 104 Å². The van der Waals surface area contributed by atoms with Crippen LogP contribution in [-0.2, 0) is 43.1 Å². The molecule has 2 aliphatic carbocycles. The number of fused-ring (bicyclic) bond motifs is 1. The summed E-state index contributed by atoms with van der Waals surface area (Å²) in [7, 11) is 0. The minimum atomic E-state index is -4.59. The zero-order valence-electron chi connectivity index (χ0n) is 43.7. The van der Waals surface area contributed by atoms with E-state index < -0.39 is 53.0 Å². The molecule has 0 bridgehead atoms. The summed E-state index contributed by atoms with van der Waals surface area (Å²) in [5, 5.41) is 29.0. The number of anilines is 1. The number of amides is 3. The van der Waals surface area contributed by atoms with Crippen LogP contribution >= 0.6 is 11.3 Å². The van der Waals surface area contributed by atoms with Crippen molar-refractivity contribution in [2.45, 2.75) is 104 Å². The van der Waals surface area contributed by atoms with Crippen molar-refractivity contribution in [3.8, 4) is 10.4 Å².